The highest BCUT2D eigenvalue weighted by Crippen LogP contribution is 2.40. The Kier molecular flexibility index (Phi) is 3.91. The second-order valence-electron chi connectivity index (χ2n) is 6.12. The fourth-order valence-electron chi connectivity index (χ4n) is 2.77. The van der Waals surface area contributed by atoms with Crippen molar-refractivity contribution in [2.75, 3.05) is 0 Å². The Morgan fingerprint density at radius 1 is 1.17 bits per heavy atom. The SMILES string of the molecule is CC1=C(C)C(C)(C)CC(OCc2ccccc2)C1. The second-order valence-corrected chi connectivity index (χ2v) is 6.12. The van der Waals surface area contributed by atoms with Gasteiger partial charge in [0.25, 0.3) is 0 Å². The lowest BCUT2D eigenvalue weighted by Crippen LogP contribution is -2.29. The zero-order valence-electron chi connectivity index (χ0n) is 12.0. The quantitative estimate of drug-likeness (QED) is 0.698. The van der Waals surface area contributed by atoms with Gasteiger partial charge in [-0.15, -0.1) is 0 Å². The van der Waals surface area contributed by atoms with Crippen LogP contribution in [-0.2, 0) is 11.3 Å². The molecule has 98 valence electrons. The lowest BCUT2D eigenvalue weighted by Gasteiger charge is -2.37. The Hall–Kier alpha value is -1.08. The highest BCUT2D eigenvalue weighted by molar-refractivity contribution is 5.22. The van der Waals surface area contributed by atoms with Crippen LogP contribution in [0.5, 0.6) is 0 Å². The molecule has 0 spiro atoms. The van der Waals surface area contributed by atoms with Gasteiger partial charge in [0, 0.05) is 0 Å². The molecule has 1 aliphatic rings. The first-order chi connectivity index (χ1) is 8.49. The fraction of sp³-hybridized carbons (Fsp3) is 0.529. The van der Waals surface area contributed by atoms with Crippen LogP contribution in [0.1, 0.15) is 46.1 Å². The first kappa shape index (κ1) is 13.4. The van der Waals surface area contributed by atoms with Crippen LogP contribution < -0.4 is 0 Å². The summed E-state index contributed by atoms with van der Waals surface area (Å²) in [5, 5.41) is 0. The Morgan fingerprint density at radius 3 is 2.44 bits per heavy atom. The molecule has 0 radical (unpaired) electrons. The number of ether oxygens (including phenoxy) is 1. The zero-order chi connectivity index (χ0) is 13.2. The Bertz CT molecular complexity index is 428. The molecule has 0 N–H and O–H groups in total. The highest BCUT2D eigenvalue weighted by Gasteiger charge is 2.31. The number of benzene rings is 1. The summed E-state index contributed by atoms with van der Waals surface area (Å²) in [6, 6.07) is 10.4. The average molecular weight is 244 g/mol. The maximum atomic E-state index is 6.09. The number of hydrogen-bond donors (Lipinski definition) is 0. The molecule has 0 saturated carbocycles. The molecule has 0 aromatic heterocycles. The van der Waals surface area contributed by atoms with Crippen LogP contribution in [0, 0.1) is 5.41 Å². The van der Waals surface area contributed by atoms with E-state index in [9.17, 15) is 0 Å². The van der Waals surface area contributed by atoms with Crippen molar-refractivity contribution in [1.29, 1.82) is 0 Å². The van der Waals surface area contributed by atoms with Gasteiger partial charge in [-0.1, -0.05) is 55.3 Å². The van der Waals surface area contributed by atoms with Crippen LogP contribution in [0.4, 0.5) is 0 Å². The highest BCUT2D eigenvalue weighted by atomic mass is 16.5. The summed E-state index contributed by atoms with van der Waals surface area (Å²) in [6.07, 6.45) is 2.58. The van der Waals surface area contributed by atoms with Crippen molar-refractivity contribution in [1.82, 2.24) is 0 Å². The summed E-state index contributed by atoms with van der Waals surface area (Å²) in [5.74, 6) is 0. The molecule has 0 amide bonds. The van der Waals surface area contributed by atoms with Crippen LogP contribution in [0.3, 0.4) is 0 Å². The topological polar surface area (TPSA) is 9.23 Å². The molecule has 0 bridgehead atoms. The van der Waals surface area contributed by atoms with Crippen LogP contribution in [0.25, 0.3) is 0 Å². The molecule has 18 heavy (non-hydrogen) atoms. The van der Waals surface area contributed by atoms with Gasteiger partial charge in [-0.3, -0.25) is 0 Å². The third-order valence-corrected chi connectivity index (χ3v) is 4.26. The Morgan fingerprint density at radius 2 is 1.83 bits per heavy atom. The Balaban J connectivity index is 1.97. The summed E-state index contributed by atoms with van der Waals surface area (Å²) >= 11 is 0. The first-order valence-electron chi connectivity index (χ1n) is 6.81. The third kappa shape index (κ3) is 3.02. The van der Waals surface area contributed by atoms with Gasteiger partial charge in [-0.2, -0.15) is 0 Å². The molecular formula is C17H24O. The van der Waals surface area contributed by atoms with Crippen LogP contribution in [-0.4, -0.2) is 6.10 Å². The van der Waals surface area contributed by atoms with E-state index in [-0.39, 0.29) is 5.41 Å². The minimum Gasteiger partial charge on any atom is -0.373 e. The van der Waals surface area contributed by atoms with E-state index in [0.29, 0.717) is 6.10 Å². The van der Waals surface area contributed by atoms with Crippen molar-refractivity contribution in [2.45, 2.75) is 53.2 Å². The van der Waals surface area contributed by atoms with Crippen molar-refractivity contribution < 1.29 is 4.74 Å². The normalized spacial score (nSPS) is 23.2. The predicted octanol–water partition coefficient (Wildman–Crippen LogP) is 4.73. The van der Waals surface area contributed by atoms with E-state index in [0.717, 1.165) is 19.4 Å². The van der Waals surface area contributed by atoms with Crippen molar-refractivity contribution in [3.63, 3.8) is 0 Å². The van der Waals surface area contributed by atoms with Gasteiger partial charge < -0.3 is 4.74 Å². The lowest BCUT2D eigenvalue weighted by molar-refractivity contribution is 0.0109. The third-order valence-electron chi connectivity index (χ3n) is 4.26. The van der Waals surface area contributed by atoms with Gasteiger partial charge in [-0.25, -0.2) is 0 Å². The molecule has 1 heteroatoms. The fourth-order valence-corrected chi connectivity index (χ4v) is 2.77. The molecule has 1 aromatic rings. The van der Waals surface area contributed by atoms with Gasteiger partial charge in [0.05, 0.1) is 12.7 Å². The van der Waals surface area contributed by atoms with E-state index < -0.39 is 0 Å². The first-order valence-corrected chi connectivity index (χ1v) is 6.81. The maximum Gasteiger partial charge on any atom is 0.0720 e. The molecule has 2 rings (SSSR count). The van der Waals surface area contributed by atoms with E-state index >= 15 is 0 Å². The summed E-state index contributed by atoms with van der Waals surface area (Å²) in [7, 11) is 0. The van der Waals surface area contributed by atoms with Crippen molar-refractivity contribution in [3.05, 3.63) is 47.0 Å². The summed E-state index contributed by atoms with van der Waals surface area (Å²) in [4.78, 5) is 0. The number of allylic oxidation sites excluding steroid dienone is 1. The minimum absolute atomic E-state index is 0.281. The van der Waals surface area contributed by atoms with Crippen molar-refractivity contribution in [3.8, 4) is 0 Å². The van der Waals surface area contributed by atoms with Gasteiger partial charge in [-0.05, 0) is 37.7 Å². The van der Waals surface area contributed by atoms with Gasteiger partial charge >= 0.3 is 0 Å². The van der Waals surface area contributed by atoms with E-state index in [1.54, 1.807) is 5.57 Å². The van der Waals surface area contributed by atoms with Gasteiger partial charge in [0.2, 0.25) is 0 Å². The maximum absolute atomic E-state index is 6.09. The summed E-state index contributed by atoms with van der Waals surface area (Å²) in [5.41, 5.74) is 4.59. The standard InChI is InChI=1S/C17H24O/c1-13-10-16(11-17(3,4)14(13)2)18-12-15-8-6-5-7-9-15/h5-9,16H,10-12H2,1-4H3. The molecule has 0 heterocycles. The van der Waals surface area contributed by atoms with E-state index in [2.05, 4.69) is 52.0 Å². The number of hydrogen-bond acceptors (Lipinski definition) is 1. The van der Waals surface area contributed by atoms with E-state index in [4.69, 9.17) is 4.74 Å². The molecule has 0 aliphatic heterocycles. The predicted molar refractivity (Wildman–Crippen MR) is 76.4 cm³/mol. The second kappa shape index (κ2) is 5.27. The lowest BCUT2D eigenvalue weighted by atomic mass is 9.72. The molecule has 1 atom stereocenters. The van der Waals surface area contributed by atoms with Crippen LogP contribution >= 0.6 is 0 Å². The number of rotatable bonds is 3. The zero-order valence-corrected chi connectivity index (χ0v) is 12.0. The molecule has 0 saturated heterocycles. The minimum atomic E-state index is 0.281. The summed E-state index contributed by atoms with van der Waals surface area (Å²) in [6.45, 7) is 9.89. The van der Waals surface area contributed by atoms with Crippen LogP contribution in [0.15, 0.2) is 41.5 Å². The van der Waals surface area contributed by atoms with Crippen molar-refractivity contribution >= 4 is 0 Å². The molecule has 0 fully saturated rings. The molecule has 1 nitrogen and oxygen atoms in total. The smallest absolute Gasteiger partial charge is 0.0720 e. The van der Waals surface area contributed by atoms with E-state index in [1.807, 2.05) is 6.07 Å². The van der Waals surface area contributed by atoms with Crippen molar-refractivity contribution in [2.24, 2.45) is 5.41 Å². The Labute approximate surface area is 111 Å². The van der Waals surface area contributed by atoms with E-state index in [1.165, 1.54) is 11.1 Å². The molecule has 1 unspecified atom stereocenters. The summed E-state index contributed by atoms with van der Waals surface area (Å²) < 4.78 is 6.09. The molecular weight excluding hydrogens is 220 g/mol. The van der Waals surface area contributed by atoms with Gasteiger partial charge in [0.15, 0.2) is 0 Å². The monoisotopic (exact) mass is 244 g/mol. The van der Waals surface area contributed by atoms with Crippen LogP contribution in [0.2, 0.25) is 0 Å². The molecule has 1 aromatic carbocycles. The largest absolute Gasteiger partial charge is 0.373 e. The van der Waals surface area contributed by atoms with Gasteiger partial charge in [0.1, 0.15) is 0 Å². The molecule has 1 aliphatic carbocycles. The average Bonchev–Trinajstić information content (AvgIpc) is 2.34.